The van der Waals surface area contributed by atoms with Gasteiger partial charge in [0.2, 0.25) is 0 Å². The van der Waals surface area contributed by atoms with Crippen LogP contribution in [-0.2, 0) is 6.54 Å². The molecule has 0 fully saturated rings. The van der Waals surface area contributed by atoms with Crippen LogP contribution in [0.4, 0.5) is 11.4 Å². The molecule has 0 radical (unpaired) electrons. The lowest BCUT2D eigenvalue weighted by molar-refractivity contribution is 0.410. The summed E-state index contributed by atoms with van der Waals surface area (Å²) in [6, 6.07) is 12.7. The van der Waals surface area contributed by atoms with Crippen LogP contribution in [0.15, 0.2) is 36.4 Å². The Balaban J connectivity index is 2.17. The summed E-state index contributed by atoms with van der Waals surface area (Å²) in [4.78, 5) is 0. The minimum Gasteiger partial charge on any atom is -0.496 e. The van der Waals surface area contributed by atoms with Crippen LogP contribution < -0.4 is 15.8 Å². The summed E-state index contributed by atoms with van der Waals surface area (Å²) in [5.41, 5.74) is 8.38. The Morgan fingerprint density at radius 1 is 1.35 bits per heavy atom. The maximum atomic E-state index is 8.84. The number of nitrogens with one attached hydrogen (secondary N) is 1. The monoisotopic (exact) mass is 287 g/mol. The summed E-state index contributed by atoms with van der Waals surface area (Å²) in [7, 11) is 1.61. The number of hydrogen-bond acceptors (Lipinski definition) is 4. The first-order valence-corrected chi connectivity index (χ1v) is 6.38. The average Bonchev–Trinajstić information content (AvgIpc) is 2.46. The Kier molecular flexibility index (Phi) is 4.34. The van der Waals surface area contributed by atoms with Crippen LogP contribution in [0.3, 0.4) is 0 Å². The molecular formula is C15H14ClN3O. The van der Waals surface area contributed by atoms with E-state index in [1.807, 2.05) is 24.3 Å². The molecule has 0 saturated heterocycles. The molecule has 0 bridgehead atoms. The summed E-state index contributed by atoms with van der Waals surface area (Å²) in [6.07, 6.45) is 0. The van der Waals surface area contributed by atoms with Gasteiger partial charge in [-0.05, 0) is 30.3 Å². The van der Waals surface area contributed by atoms with Crippen molar-refractivity contribution in [3.05, 3.63) is 52.5 Å². The number of ether oxygens (including phenoxy) is 1. The van der Waals surface area contributed by atoms with Crippen molar-refractivity contribution in [1.29, 1.82) is 5.26 Å². The second-order valence-corrected chi connectivity index (χ2v) is 4.60. The molecule has 0 heterocycles. The Bertz CT molecular complexity index is 665. The quantitative estimate of drug-likeness (QED) is 0.845. The summed E-state index contributed by atoms with van der Waals surface area (Å²) < 4.78 is 5.28. The third-order valence-corrected chi connectivity index (χ3v) is 3.29. The predicted molar refractivity (Wildman–Crippen MR) is 80.9 cm³/mol. The van der Waals surface area contributed by atoms with Gasteiger partial charge in [0.15, 0.2) is 0 Å². The number of anilines is 2. The lowest BCUT2D eigenvalue weighted by atomic mass is 10.1. The standard InChI is InChI=1S/C15H14ClN3O/c1-20-15-4-2-3-13(16)12(15)9-19-11-6-5-10(8-17)14(18)7-11/h2-7,19H,9,18H2,1H3. The number of nitrogens with two attached hydrogens (primary N) is 1. The molecule has 0 atom stereocenters. The zero-order valence-corrected chi connectivity index (χ0v) is 11.7. The highest BCUT2D eigenvalue weighted by molar-refractivity contribution is 6.31. The van der Waals surface area contributed by atoms with Gasteiger partial charge in [-0.15, -0.1) is 0 Å². The van der Waals surface area contributed by atoms with Gasteiger partial charge in [-0.2, -0.15) is 5.26 Å². The summed E-state index contributed by atoms with van der Waals surface area (Å²) in [5, 5.41) is 12.7. The van der Waals surface area contributed by atoms with Crippen LogP contribution in [-0.4, -0.2) is 7.11 Å². The highest BCUT2D eigenvalue weighted by atomic mass is 35.5. The van der Waals surface area contributed by atoms with Crippen molar-refractivity contribution in [1.82, 2.24) is 0 Å². The van der Waals surface area contributed by atoms with Crippen molar-refractivity contribution < 1.29 is 4.74 Å². The smallest absolute Gasteiger partial charge is 0.125 e. The van der Waals surface area contributed by atoms with E-state index in [9.17, 15) is 0 Å². The zero-order chi connectivity index (χ0) is 14.5. The van der Waals surface area contributed by atoms with Gasteiger partial charge in [0, 0.05) is 22.8 Å². The number of hydrogen-bond donors (Lipinski definition) is 2. The average molecular weight is 288 g/mol. The molecule has 102 valence electrons. The van der Waals surface area contributed by atoms with E-state index < -0.39 is 0 Å². The van der Waals surface area contributed by atoms with Gasteiger partial charge in [0.1, 0.15) is 11.8 Å². The molecule has 0 unspecified atom stereocenters. The first-order valence-electron chi connectivity index (χ1n) is 6.00. The largest absolute Gasteiger partial charge is 0.496 e. The SMILES string of the molecule is COc1cccc(Cl)c1CNc1ccc(C#N)c(N)c1. The van der Waals surface area contributed by atoms with E-state index in [0.29, 0.717) is 22.8 Å². The summed E-state index contributed by atoms with van der Waals surface area (Å²) in [5.74, 6) is 0.728. The van der Waals surface area contributed by atoms with Gasteiger partial charge in [0.25, 0.3) is 0 Å². The van der Waals surface area contributed by atoms with E-state index in [2.05, 4.69) is 5.32 Å². The fraction of sp³-hybridized carbons (Fsp3) is 0.133. The summed E-state index contributed by atoms with van der Waals surface area (Å²) >= 11 is 6.17. The first kappa shape index (κ1) is 14.0. The lowest BCUT2D eigenvalue weighted by Gasteiger charge is -2.12. The van der Waals surface area contributed by atoms with Crippen molar-refractivity contribution in [3.63, 3.8) is 0 Å². The zero-order valence-electron chi connectivity index (χ0n) is 11.0. The fourth-order valence-corrected chi connectivity index (χ4v) is 2.10. The van der Waals surface area contributed by atoms with Crippen LogP contribution in [0.2, 0.25) is 5.02 Å². The van der Waals surface area contributed by atoms with Gasteiger partial charge >= 0.3 is 0 Å². The molecule has 2 aromatic rings. The molecule has 0 aliphatic rings. The molecule has 0 spiro atoms. The predicted octanol–water partition coefficient (Wildman–Crippen LogP) is 3.41. The van der Waals surface area contributed by atoms with Crippen LogP contribution in [0.25, 0.3) is 0 Å². The minimum atomic E-state index is 0.448. The molecule has 2 rings (SSSR count). The van der Waals surface area contributed by atoms with Gasteiger partial charge in [-0.25, -0.2) is 0 Å². The third kappa shape index (κ3) is 2.95. The highest BCUT2D eigenvalue weighted by Crippen LogP contribution is 2.27. The molecule has 4 nitrogen and oxygen atoms in total. The molecule has 0 saturated carbocycles. The van der Waals surface area contributed by atoms with Gasteiger partial charge < -0.3 is 15.8 Å². The third-order valence-electron chi connectivity index (χ3n) is 2.94. The molecule has 0 amide bonds. The van der Waals surface area contributed by atoms with Crippen molar-refractivity contribution in [2.45, 2.75) is 6.54 Å². The van der Waals surface area contributed by atoms with Gasteiger partial charge in [-0.3, -0.25) is 0 Å². The maximum Gasteiger partial charge on any atom is 0.125 e. The number of methoxy groups -OCH3 is 1. The van der Waals surface area contributed by atoms with Crippen LogP contribution >= 0.6 is 11.6 Å². The minimum absolute atomic E-state index is 0.448. The topological polar surface area (TPSA) is 71.1 Å². The molecule has 0 aliphatic carbocycles. The Labute approximate surface area is 122 Å². The normalized spacial score (nSPS) is 9.85. The maximum absolute atomic E-state index is 8.84. The molecule has 5 heteroatoms. The Hall–Kier alpha value is -2.38. The summed E-state index contributed by atoms with van der Waals surface area (Å²) in [6.45, 7) is 0.508. The Morgan fingerprint density at radius 2 is 2.15 bits per heavy atom. The first-order chi connectivity index (χ1) is 9.65. The Morgan fingerprint density at radius 3 is 2.80 bits per heavy atom. The fourth-order valence-electron chi connectivity index (χ4n) is 1.87. The van der Waals surface area contributed by atoms with Crippen molar-refractivity contribution >= 4 is 23.0 Å². The molecule has 0 aliphatic heterocycles. The van der Waals surface area contributed by atoms with E-state index in [4.69, 9.17) is 27.3 Å². The van der Waals surface area contributed by atoms with Crippen LogP contribution in [0, 0.1) is 11.3 Å². The lowest BCUT2D eigenvalue weighted by Crippen LogP contribution is -2.03. The van der Waals surface area contributed by atoms with Crippen LogP contribution in [0.5, 0.6) is 5.75 Å². The number of rotatable bonds is 4. The van der Waals surface area contributed by atoms with Gasteiger partial charge in [-0.1, -0.05) is 17.7 Å². The van der Waals surface area contributed by atoms with E-state index in [-0.39, 0.29) is 0 Å². The van der Waals surface area contributed by atoms with Gasteiger partial charge in [0.05, 0.1) is 18.4 Å². The van der Waals surface area contributed by atoms with Crippen molar-refractivity contribution in [2.24, 2.45) is 0 Å². The second kappa shape index (κ2) is 6.18. The van der Waals surface area contributed by atoms with E-state index >= 15 is 0 Å². The van der Waals surface area contributed by atoms with Crippen molar-refractivity contribution in [3.8, 4) is 11.8 Å². The number of nitriles is 1. The molecule has 0 aromatic heterocycles. The van der Waals surface area contributed by atoms with Crippen LogP contribution in [0.1, 0.15) is 11.1 Å². The van der Waals surface area contributed by atoms with E-state index in [0.717, 1.165) is 17.0 Å². The van der Waals surface area contributed by atoms with E-state index in [1.54, 1.807) is 25.3 Å². The number of benzene rings is 2. The molecule has 2 aromatic carbocycles. The highest BCUT2D eigenvalue weighted by Gasteiger charge is 2.07. The number of halogens is 1. The number of nitrogen functional groups attached to an aromatic ring is 1. The second-order valence-electron chi connectivity index (χ2n) is 4.19. The van der Waals surface area contributed by atoms with Crippen molar-refractivity contribution in [2.75, 3.05) is 18.2 Å². The number of nitrogens with zero attached hydrogens (tertiary/aromatic N) is 1. The molecule has 20 heavy (non-hydrogen) atoms. The van der Waals surface area contributed by atoms with E-state index in [1.165, 1.54) is 0 Å². The molecule has 3 N–H and O–H groups in total. The molecular weight excluding hydrogens is 274 g/mol.